The molecule has 0 aliphatic heterocycles. The molecule has 0 aromatic carbocycles. The molecular formula is C15H21BrO2. The van der Waals surface area contributed by atoms with Gasteiger partial charge in [0.25, 0.3) is 0 Å². The summed E-state index contributed by atoms with van der Waals surface area (Å²) in [7, 11) is 0. The molecule has 0 fully saturated rings. The van der Waals surface area contributed by atoms with Crippen molar-refractivity contribution >= 4 is 21.9 Å². The molecule has 0 bridgehead atoms. The van der Waals surface area contributed by atoms with Gasteiger partial charge in [0.05, 0.1) is 0 Å². The average molecular weight is 313 g/mol. The lowest BCUT2D eigenvalue weighted by molar-refractivity contribution is -0.131. The molecule has 0 saturated carbocycles. The summed E-state index contributed by atoms with van der Waals surface area (Å²) in [5.41, 5.74) is 3.69. The van der Waals surface area contributed by atoms with Crippen LogP contribution in [-0.2, 0) is 4.79 Å². The van der Waals surface area contributed by atoms with Gasteiger partial charge in [-0.15, -0.1) is 0 Å². The third kappa shape index (κ3) is 3.58. The number of allylic oxidation sites excluding steroid dienone is 5. The minimum Gasteiger partial charge on any atom is -0.477 e. The van der Waals surface area contributed by atoms with Gasteiger partial charge in [-0.05, 0) is 65.6 Å². The molecule has 0 aromatic rings. The van der Waals surface area contributed by atoms with Crippen LogP contribution in [0.2, 0.25) is 0 Å². The molecule has 0 amide bonds. The number of hydrogen-bond donors (Lipinski definition) is 1. The maximum atomic E-state index is 10.8. The summed E-state index contributed by atoms with van der Waals surface area (Å²) in [6.45, 7) is 8.48. The highest BCUT2D eigenvalue weighted by atomic mass is 79.9. The first kappa shape index (κ1) is 15.2. The lowest BCUT2D eigenvalue weighted by Gasteiger charge is -2.32. The van der Waals surface area contributed by atoms with Crippen LogP contribution in [0.25, 0.3) is 0 Å². The van der Waals surface area contributed by atoms with E-state index >= 15 is 0 Å². The largest absolute Gasteiger partial charge is 0.477 e. The molecule has 1 rings (SSSR count). The Labute approximate surface area is 118 Å². The van der Waals surface area contributed by atoms with E-state index in [1.807, 2.05) is 6.08 Å². The highest BCUT2D eigenvalue weighted by Crippen LogP contribution is 2.40. The van der Waals surface area contributed by atoms with Crippen molar-refractivity contribution in [3.8, 4) is 0 Å². The molecule has 0 spiro atoms. The number of halogens is 1. The molecule has 2 nitrogen and oxygen atoms in total. The average Bonchev–Trinajstić information content (AvgIpc) is 2.25. The number of carboxylic acid groups (broad SMARTS) is 1. The van der Waals surface area contributed by atoms with Crippen molar-refractivity contribution in [3.63, 3.8) is 0 Å². The summed E-state index contributed by atoms with van der Waals surface area (Å²) < 4.78 is 0.227. The van der Waals surface area contributed by atoms with Crippen LogP contribution < -0.4 is 0 Å². The zero-order chi connectivity index (χ0) is 13.9. The molecule has 0 unspecified atom stereocenters. The van der Waals surface area contributed by atoms with E-state index in [-0.39, 0.29) is 9.90 Å². The minimum atomic E-state index is -0.925. The molecule has 0 atom stereocenters. The Bertz CT molecular complexity index is 439. The van der Waals surface area contributed by atoms with E-state index in [2.05, 4.69) is 42.8 Å². The molecule has 0 radical (unpaired) electrons. The molecular weight excluding hydrogens is 292 g/mol. The van der Waals surface area contributed by atoms with E-state index in [1.165, 1.54) is 24.0 Å². The summed E-state index contributed by atoms with van der Waals surface area (Å²) in [5, 5.41) is 8.89. The molecule has 1 N–H and O–H groups in total. The fourth-order valence-corrected chi connectivity index (χ4v) is 2.59. The number of carboxylic acids is 1. The Balaban J connectivity index is 3.03. The van der Waals surface area contributed by atoms with Crippen LogP contribution in [0, 0.1) is 5.41 Å². The Morgan fingerprint density at radius 2 is 2.06 bits per heavy atom. The number of carbonyl (C=O) groups is 1. The lowest BCUT2D eigenvalue weighted by Crippen LogP contribution is -2.19. The molecule has 0 aromatic heterocycles. The fraction of sp³-hybridized carbons (Fsp3) is 0.533. The monoisotopic (exact) mass is 312 g/mol. The van der Waals surface area contributed by atoms with Crippen LogP contribution in [0.15, 0.2) is 33.4 Å². The summed E-state index contributed by atoms with van der Waals surface area (Å²) in [6, 6.07) is 0. The van der Waals surface area contributed by atoms with Gasteiger partial charge in [0.1, 0.15) is 4.48 Å². The molecule has 18 heavy (non-hydrogen) atoms. The third-order valence-electron chi connectivity index (χ3n) is 3.58. The van der Waals surface area contributed by atoms with Crippen LogP contribution >= 0.6 is 15.9 Å². The van der Waals surface area contributed by atoms with Gasteiger partial charge in [0.15, 0.2) is 0 Å². The van der Waals surface area contributed by atoms with Gasteiger partial charge in [-0.2, -0.15) is 0 Å². The first-order chi connectivity index (χ1) is 8.25. The summed E-state index contributed by atoms with van der Waals surface area (Å²) in [6.07, 6.45) is 7.54. The van der Waals surface area contributed by atoms with E-state index in [0.29, 0.717) is 0 Å². The van der Waals surface area contributed by atoms with E-state index in [0.717, 1.165) is 12.0 Å². The van der Waals surface area contributed by atoms with Crippen molar-refractivity contribution in [2.45, 2.75) is 47.0 Å². The van der Waals surface area contributed by atoms with Gasteiger partial charge in [-0.1, -0.05) is 31.6 Å². The molecule has 0 saturated heterocycles. The van der Waals surface area contributed by atoms with E-state index in [4.69, 9.17) is 5.11 Å². The van der Waals surface area contributed by atoms with Crippen molar-refractivity contribution in [1.82, 2.24) is 0 Å². The van der Waals surface area contributed by atoms with Gasteiger partial charge in [0, 0.05) is 0 Å². The zero-order valence-corrected chi connectivity index (χ0v) is 13.1. The summed E-state index contributed by atoms with van der Waals surface area (Å²) in [4.78, 5) is 10.8. The molecule has 100 valence electrons. The number of aliphatic carboxylic acids is 1. The Morgan fingerprint density at radius 3 is 2.56 bits per heavy atom. The second-order valence-corrected chi connectivity index (χ2v) is 6.36. The predicted molar refractivity (Wildman–Crippen MR) is 78.7 cm³/mol. The Hall–Kier alpha value is -0.830. The molecule has 0 heterocycles. The van der Waals surface area contributed by atoms with Gasteiger partial charge < -0.3 is 5.11 Å². The van der Waals surface area contributed by atoms with Crippen LogP contribution in [0.4, 0.5) is 0 Å². The summed E-state index contributed by atoms with van der Waals surface area (Å²) >= 11 is 3.09. The summed E-state index contributed by atoms with van der Waals surface area (Å²) in [5.74, 6) is -0.925. The van der Waals surface area contributed by atoms with Gasteiger partial charge in [-0.3, -0.25) is 0 Å². The first-order valence-corrected chi connectivity index (χ1v) is 7.03. The second kappa shape index (κ2) is 5.87. The van der Waals surface area contributed by atoms with Crippen LogP contribution in [0.5, 0.6) is 0 Å². The topological polar surface area (TPSA) is 37.3 Å². The van der Waals surface area contributed by atoms with Gasteiger partial charge in [0.2, 0.25) is 0 Å². The first-order valence-electron chi connectivity index (χ1n) is 6.23. The van der Waals surface area contributed by atoms with Crippen LogP contribution in [-0.4, -0.2) is 11.1 Å². The normalized spacial score (nSPS) is 21.2. The quantitative estimate of drug-likeness (QED) is 0.599. The molecule has 3 heteroatoms. The minimum absolute atomic E-state index is 0.189. The zero-order valence-electron chi connectivity index (χ0n) is 11.5. The van der Waals surface area contributed by atoms with Gasteiger partial charge in [-0.25, -0.2) is 4.79 Å². The van der Waals surface area contributed by atoms with Crippen molar-refractivity contribution in [3.05, 3.63) is 33.4 Å². The number of rotatable bonds is 3. The highest BCUT2D eigenvalue weighted by molar-refractivity contribution is 9.12. The standard InChI is InChI=1S/C15H21BrO2/c1-10-6-5-9-15(3,4)12(10)8-7-11(2)13(16)14(17)18/h7-8H,5-6,9H2,1-4H3,(H,17,18)/b8-7+,13-11-. The van der Waals surface area contributed by atoms with Crippen LogP contribution in [0.3, 0.4) is 0 Å². The Morgan fingerprint density at radius 1 is 1.44 bits per heavy atom. The van der Waals surface area contributed by atoms with E-state index < -0.39 is 5.97 Å². The van der Waals surface area contributed by atoms with Gasteiger partial charge >= 0.3 is 5.97 Å². The smallest absolute Gasteiger partial charge is 0.343 e. The van der Waals surface area contributed by atoms with Crippen molar-refractivity contribution in [1.29, 1.82) is 0 Å². The SMILES string of the molecule is CC1=C(/C=C/C(C)=C(\Br)C(=O)O)C(C)(C)CCC1. The maximum absolute atomic E-state index is 10.8. The highest BCUT2D eigenvalue weighted by Gasteiger charge is 2.26. The van der Waals surface area contributed by atoms with E-state index in [1.54, 1.807) is 6.92 Å². The van der Waals surface area contributed by atoms with E-state index in [9.17, 15) is 4.79 Å². The van der Waals surface area contributed by atoms with Crippen molar-refractivity contribution in [2.75, 3.05) is 0 Å². The second-order valence-electron chi connectivity index (χ2n) is 5.57. The molecule has 1 aliphatic rings. The molecule has 1 aliphatic carbocycles. The predicted octanol–water partition coefficient (Wildman–Crippen LogP) is 4.82. The van der Waals surface area contributed by atoms with Crippen LogP contribution in [0.1, 0.15) is 47.0 Å². The third-order valence-corrected chi connectivity index (χ3v) is 4.54. The maximum Gasteiger partial charge on any atom is 0.343 e. The number of hydrogen-bond acceptors (Lipinski definition) is 1. The Kier molecular flexibility index (Phi) is 4.97. The van der Waals surface area contributed by atoms with Crippen molar-refractivity contribution < 1.29 is 9.90 Å². The lowest BCUT2D eigenvalue weighted by atomic mass is 9.72. The fourth-order valence-electron chi connectivity index (χ4n) is 2.46. The van der Waals surface area contributed by atoms with Crippen molar-refractivity contribution in [2.24, 2.45) is 5.41 Å².